The van der Waals surface area contributed by atoms with Crippen molar-refractivity contribution in [1.29, 1.82) is 0 Å². The topological polar surface area (TPSA) is 15.3 Å². The van der Waals surface area contributed by atoms with Crippen molar-refractivity contribution in [2.45, 2.75) is 96.3 Å². The van der Waals surface area contributed by atoms with Crippen molar-refractivity contribution in [3.05, 3.63) is 0 Å². The van der Waals surface area contributed by atoms with Gasteiger partial charge in [0, 0.05) is 24.2 Å². The third kappa shape index (κ3) is 3.27. The highest BCUT2D eigenvalue weighted by Crippen LogP contribution is 2.36. The van der Waals surface area contributed by atoms with Gasteiger partial charge in [-0.3, -0.25) is 4.90 Å². The highest BCUT2D eigenvalue weighted by atomic mass is 15.2. The molecule has 1 N–H and O–H groups in total. The summed E-state index contributed by atoms with van der Waals surface area (Å²) in [5.41, 5.74) is 0. The Hall–Kier alpha value is -0.0800. The van der Waals surface area contributed by atoms with Crippen molar-refractivity contribution in [3.63, 3.8) is 0 Å². The Balaban J connectivity index is 1.95. The van der Waals surface area contributed by atoms with Crippen LogP contribution in [-0.2, 0) is 0 Å². The van der Waals surface area contributed by atoms with E-state index in [4.69, 9.17) is 0 Å². The second-order valence-electron chi connectivity index (χ2n) is 6.40. The molecule has 0 aliphatic carbocycles. The summed E-state index contributed by atoms with van der Waals surface area (Å²) in [4.78, 5) is 2.90. The van der Waals surface area contributed by atoms with Gasteiger partial charge in [-0.05, 0) is 45.6 Å². The summed E-state index contributed by atoms with van der Waals surface area (Å²) < 4.78 is 0. The van der Waals surface area contributed by atoms with Gasteiger partial charge in [0.25, 0.3) is 0 Å². The Kier molecular flexibility index (Phi) is 5.50. The van der Waals surface area contributed by atoms with E-state index in [1.165, 1.54) is 51.4 Å². The van der Waals surface area contributed by atoms with E-state index >= 15 is 0 Å². The minimum absolute atomic E-state index is 0.792. The van der Waals surface area contributed by atoms with Crippen molar-refractivity contribution in [1.82, 2.24) is 10.2 Å². The molecule has 0 saturated carbocycles. The van der Waals surface area contributed by atoms with E-state index in [1.54, 1.807) is 0 Å². The first-order valence-corrected chi connectivity index (χ1v) is 8.27. The number of piperidine rings is 2. The summed E-state index contributed by atoms with van der Waals surface area (Å²) in [6.07, 6.45) is 11.3. The van der Waals surface area contributed by atoms with E-state index in [0.29, 0.717) is 0 Å². The van der Waals surface area contributed by atoms with Gasteiger partial charge >= 0.3 is 0 Å². The fourth-order valence-corrected chi connectivity index (χ4v) is 4.24. The molecule has 2 fully saturated rings. The van der Waals surface area contributed by atoms with Crippen LogP contribution in [0, 0.1) is 0 Å². The van der Waals surface area contributed by atoms with E-state index in [1.807, 2.05) is 0 Å². The third-order valence-corrected chi connectivity index (χ3v) is 5.01. The maximum absolute atomic E-state index is 3.69. The highest BCUT2D eigenvalue weighted by molar-refractivity contribution is 4.96. The zero-order valence-electron chi connectivity index (χ0n) is 12.6. The molecule has 0 spiro atoms. The van der Waals surface area contributed by atoms with E-state index < -0.39 is 0 Å². The van der Waals surface area contributed by atoms with Crippen molar-refractivity contribution in [2.24, 2.45) is 0 Å². The number of hydrogen-bond donors (Lipinski definition) is 1. The summed E-state index contributed by atoms with van der Waals surface area (Å²) in [6, 6.07) is 3.34. The van der Waals surface area contributed by atoms with Gasteiger partial charge < -0.3 is 5.32 Å². The fraction of sp³-hybridized carbons (Fsp3) is 1.00. The Labute approximate surface area is 114 Å². The fourth-order valence-electron chi connectivity index (χ4n) is 4.24. The van der Waals surface area contributed by atoms with E-state index in [-0.39, 0.29) is 0 Å². The lowest BCUT2D eigenvalue weighted by atomic mass is 9.80. The van der Waals surface area contributed by atoms with Gasteiger partial charge in [0.05, 0.1) is 0 Å². The summed E-state index contributed by atoms with van der Waals surface area (Å²) in [6.45, 7) is 8.15. The number of rotatable bonds is 6. The lowest BCUT2D eigenvalue weighted by molar-refractivity contribution is -0.00802. The maximum Gasteiger partial charge on any atom is 0.0116 e. The van der Waals surface area contributed by atoms with Crippen LogP contribution in [0.1, 0.15) is 72.1 Å². The number of hydrogen-bond acceptors (Lipinski definition) is 2. The molecule has 2 rings (SSSR count). The molecular formula is C16H32N2. The molecular weight excluding hydrogens is 220 g/mol. The molecule has 2 heteroatoms. The quantitative estimate of drug-likeness (QED) is 0.777. The number of unbranched alkanes of at least 4 members (excludes halogenated alkanes) is 1. The largest absolute Gasteiger partial charge is 0.314 e. The van der Waals surface area contributed by atoms with Crippen LogP contribution in [0.25, 0.3) is 0 Å². The van der Waals surface area contributed by atoms with Gasteiger partial charge in [-0.15, -0.1) is 0 Å². The number of fused-ring (bicyclic) bond motifs is 2. The standard InChI is InChI=1S/C16H32N2/c1-4-6-8-13(3)18-15-9-7-10-16(18)12-14(11-15)17-5-2/h13-17H,4-12H2,1-3H3. The highest BCUT2D eigenvalue weighted by Gasteiger charge is 2.39. The van der Waals surface area contributed by atoms with Crippen molar-refractivity contribution < 1.29 is 0 Å². The average Bonchev–Trinajstić information content (AvgIpc) is 2.35. The van der Waals surface area contributed by atoms with Crippen LogP contribution in [0.5, 0.6) is 0 Å². The van der Waals surface area contributed by atoms with Gasteiger partial charge in [0.1, 0.15) is 0 Å². The lowest BCUT2D eigenvalue weighted by Crippen LogP contribution is -2.58. The van der Waals surface area contributed by atoms with Crippen molar-refractivity contribution in [3.8, 4) is 0 Å². The Morgan fingerprint density at radius 1 is 1.17 bits per heavy atom. The minimum Gasteiger partial charge on any atom is -0.314 e. The SMILES string of the molecule is CCCCC(C)N1C2CCCC1CC(NCC)C2. The van der Waals surface area contributed by atoms with Crippen LogP contribution in [0.3, 0.4) is 0 Å². The van der Waals surface area contributed by atoms with Gasteiger partial charge in [0.15, 0.2) is 0 Å². The van der Waals surface area contributed by atoms with Gasteiger partial charge in [-0.25, -0.2) is 0 Å². The zero-order valence-corrected chi connectivity index (χ0v) is 12.6. The molecule has 0 aromatic carbocycles. The first-order chi connectivity index (χ1) is 8.76. The Morgan fingerprint density at radius 2 is 1.83 bits per heavy atom. The van der Waals surface area contributed by atoms with Gasteiger partial charge in [0.2, 0.25) is 0 Å². The summed E-state index contributed by atoms with van der Waals surface area (Å²) >= 11 is 0. The molecule has 106 valence electrons. The van der Waals surface area contributed by atoms with Crippen LogP contribution in [0.2, 0.25) is 0 Å². The molecule has 0 radical (unpaired) electrons. The van der Waals surface area contributed by atoms with Gasteiger partial charge in [-0.1, -0.05) is 33.1 Å². The van der Waals surface area contributed by atoms with E-state index in [2.05, 4.69) is 31.0 Å². The van der Waals surface area contributed by atoms with E-state index in [9.17, 15) is 0 Å². The molecule has 2 saturated heterocycles. The van der Waals surface area contributed by atoms with Crippen molar-refractivity contribution >= 4 is 0 Å². The van der Waals surface area contributed by atoms with Gasteiger partial charge in [-0.2, -0.15) is 0 Å². The molecule has 0 amide bonds. The second kappa shape index (κ2) is 6.91. The van der Waals surface area contributed by atoms with E-state index in [0.717, 1.165) is 30.7 Å². The first kappa shape index (κ1) is 14.3. The predicted octanol–water partition coefficient (Wildman–Crippen LogP) is 3.56. The first-order valence-electron chi connectivity index (χ1n) is 8.27. The minimum atomic E-state index is 0.792. The molecule has 2 aliphatic heterocycles. The summed E-state index contributed by atoms with van der Waals surface area (Å²) in [5, 5.41) is 3.69. The number of nitrogens with one attached hydrogen (secondary N) is 1. The number of nitrogens with zero attached hydrogens (tertiary/aromatic N) is 1. The molecule has 2 bridgehead atoms. The Morgan fingerprint density at radius 3 is 2.39 bits per heavy atom. The smallest absolute Gasteiger partial charge is 0.0116 e. The molecule has 0 aromatic rings. The van der Waals surface area contributed by atoms with Crippen molar-refractivity contribution in [2.75, 3.05) is 6.54 Å². The average molecular weight is 252 g/mol. The molecule has 0 aromatic heterocycles. The van der Waals surface area contributed by atoms with Crippen LogP contribution in [0.4, 0.5) is 0 Å². The molecule has 2 aliphatic rings. The van der Waals surface area contributed by atoms with Crippen LogP contribution < -0.4 is 5.32 Å². The van der Waals surface area contributed by atoms with Crippen LogP contribution in [-0.4, -0.2) is 35.6 Å². The maximum atomic E-state index is 3.69. The third-order valence-electron chi connectivity index (χ3n) is 5.01. The molecule has 18 heavy (non-hydrogen) atoms. The predicted molar refractivity (Wildman–Crippen MR) is 79.0 cm³/mol. The van der Waals surface area contributed by atoms with Crippen LogP contribution in [0.15, 0.2) is 0 Å². The zero-order chi connectivity index (χ0) is 13.0. The lowest BCUT2D eigenvalue weighted by Gasteiger charge is -2.52. The monoisotopic (exact) mass is 252 g/mol. The molecule has 2 nitrogen and oxygen atoms in total. The second-order valence-corrected chi connectivity index (χ2v) is 6.40. The van der Waals surface area contributed by atoms with Crippen LogP contribution >= 0.6 is 0 Å². The molecule has 3 unspecified atom stereocenters. The summed E-state index contributed by atoms with van der Waals surface area (Å²) in [7, 11) is 0. The molecule has 2 heterocycles. The normalized spacial score (nSPS) is 34.5. The summed E-state index contributed by atoms with van der Waals surface area (Å²) in [5.74, 6) is 0. The Bertz CT molecular complexity index is 227. The molecule has 3 atom stereocenters.